The molecule has 0 aliphatic heterocycles. The number of Topliss-reactive ketones (excluding diaryl/α,β-unsaturated/α-hetero) is 1. The van der Waals surface area contributed by atoms with E-state index in [2.05, 4.69) is 31.9 Å². The van der Waals surface area contributed by atoms with Crippen LogP contribution in [0.4, 0.5) is 0 Å². The molecule has 0 fully saturated rings. The molecule has 0 aromatic heterocycles. The first-order chi connectivity index (χ1) is 9.11. The fraction of sp³-hybridized carbons (Fsp3) is 0.133. The summed E-state index contributed by atoms with van der Waals surface area (Å²) in [5, 5.41) is 0. The highest BCUT2D eigenvalue weighted by Gasteiger charge is 2.14. The number of carbonyl (C=O) groups excluding carboxylic acids is 1. The quantitative estimate of drug-likeness (QED) is 0.718. The molecule has 0 aliphatic carbocycles. The molecule has 0 amide bonds. The van der Waals surface area contributed by atoms with E-state index in [9.17, 15) is 4.79 Å². The van der Waals surface area contributed by atoms with Gasteiger partial charge in [-0.15, -0.1) is 0 Å². The maximum Gasteiger partial charge on any atom is 0.171 e. The van der Waals surface area contributed by atoms with Crippen LogP contribution in [0.3, 0.4) is 0 Å². The lowest BCUT2D eigenvalue weighted by atomic mass is 10.0. The van der Waals surface area contributed by atoms with Crippen LogP contribution in [0.15, 0.2) is 51.4 Å². The Morgan fingerprint density at radius 1 is 1.16 bits per heavy atom. The summed E-state index contributed by atoms with van der Waals surface area (Å²) < 4.78 is 7.04. The topological polar surface area (TPSA) is 26.3 Å². The Labute approximate surface area is 129 Å². The van der Waals surface area contributed by atoms with E-state index in [-0.39, 0.29) is 5.78 Å². The Kier molecular flexibility index (Phi) is 4.77. The first kappa shape index (κ1) is 14.3. The SMILES string of the molecule is COc1ccc(Br)cc1C(=O)Cc1ccccc1Br. The van der Waals surface area contributed by atoms with Gasteiger partial charge in [-0.2, -0.15) is 0 Å². The Hall–Kier alpha value is -1.13. The van der Waals surface area contributed by atoms with Gasteiger partial charge in [0.15, 0.2) is 5.78 Å². The van der Waals surface area contributed by atoms with Gasteiger partial charge in [0.25, 0.3) is 0 Å². The first-order valence-corrected chi connectivity index (χ1v) is 7.30. The van der Waals surface area contributed by atoms with E-state index in [1.807, 2.05) is 30.3 Å². The summed E-state index contributed by atoms with van der Waals surface area (Å²) in [4.78, 5) is 12.4. The lowest BCUT2D eigenvalue weighted by Crippen LogP contribution is -2.06. The minimum atomic E-state index is 0.0325. The molecular weight excluding hydrogens is 372 g/mol. The average Bonchev–Trinajstić information content (AvgIpc) is 2.41. The van der Waals surface area contributed by atoms with Gasteiger partial charge >= 0.3 is 0 Å². The van der Waals surface area contributed by atoms with Gasteiger partial charge in [-0.05, 0) is 29.8 Å². The van der Waals surface area contributed by atoms with E-state index in [0.717, 1.165) is 14.5 Å². The standard InChI is InChI=1S/C15H12Br2O2/c1-19-15-7-6-11(16)9-12(15)14(18)8-10-4-2-3-5-13(10)17/h2-7,9H,8H2,1H3. The van der Waals surface area contributed by atoms with Crippen LogP contribution in [-0.2, 0) is 6.42 Å². The highest BCUT2D eigenvalue weighted by atomic mass is 79.9. The second-order valence-electron chi connectivity index (χ2n) is 4.04. The van der Waals surface area contributed by atoms with E-state index in [1.54, 1.807) is 19.2 Å². The minimum absolute atomic E-state index is 0.0325. The van der Waals surface area contributed by atoms with Gasteiger partial charge in [0.05, 0.1) is 12.7 Å². The smallest absolute Gasteiger partial charge is 0.171 e. The van der Waals surface area contributed by atoms with E-state index in [1.165, 1.54) is 0 Å². The zero-order chi connectivity index (χ0) is 13.8. The first-order valence-electron chi connectivity index (χ1n) is 5.72. The lowest BCUT2D eigenvalue weighted by Gasteiger charge is -2.09. The number of rotatable bonds is 4. The van der Waals surface area contributed by atoms with Crippen molar-refractivity contribution in [1.29, 1.82) is 0 Å². The van der Waals surface area contributed by atoms with Crippen molar-refractivity contribution in [3.05, 3.63) is 62.5 Å². The van der Waals surface area contributed by atoms with Crippen LogP contribution in [0, 0.1) is 0 Å². The van der Waals surface area contributed by atoms with Crippen molar-refractivity contribution >= 4 is 37.6 Å². The van der Waals surface area contributed by atoms with E-state index in [4.69, 9.17) is 4.74 Å². The molecule has 0 radical (unpaired) electrons. The van der Waals surface area contributed by atoms with Gasteiger partial charge in [-0.1, -0.05) is 50.1 Å². The van der Waals surface area contributed by atoms with Gasteiger partial charge in [0.2, 0.25) is 0 Å². The number of hydrogen-bond acceptors (Lipinski definition) is 2. The summed E-state index contributed by atoms with van der Waals surface area (Å²) in [6.45, 7) is 0. The van der Waals surface area contributed by atoms with Crippen molar-refractivity contribution in [3.63, 3.8) is 0 Å². The van der Waals surface area contributed by atoms with Gasteiger partial charge in [-0.25, -0.2) is 0 Å². The summed E-state index contributed by atoms with van der Waals surface area (Å²) in [6.07, 6.45) is 0.342. The number of methoxy groups -OCH3 is 1. The number of ketones is 1. The van der Waals surface area contributed by atoms with E-state index < -0.39 is 0 Å². The highest BCUT2D eigenvalue weighted by molar-refractivity contribution is 9.10. The summed E-state index contributed by atoms with van der Waals surface area (Å²) in [5.41, 5.74) is 1.56. The molecule has 0 aliphatic rings. The maximum absolute atomic E-state index is 12.4. The number of ether oxygens (including phenoxy) is 1. The third kappa shape index (κ3) is 3.45. The number of halogens is 2. The zero-order valence-electron chi connectivity index (χ0n) is 10.3. The molecule has 0 atom stereocenters. The normalized spacial score (nSPS) is 10.3. The lowest BCUT2D eigenvalue weighted by molar-refractivity contribution is 0.0990. The van der Waals surface area contributed by atoms with Gasteiger partial charge < -0.3 is 4.74 Å². The summed E-state index contributed by atoms with van der Waals surface area (Å²) >= 11 is 6.83. The summed E-state index contributed by atoms with van der Waals surface area (Å²) in [5.74, 6) is 0.630. The van der Waals surface area contributed by atoms with Crippen LogP contribution in [0.1, 0.15) is 15.9 Å². The van der Waals surface area contributed by atoms with Crippen molar-refractivity contribution < 1.29 is 9.53 Å². The Morgan fingerprint density at radius 3 is 2.58 bits per heavy atom. The van der Waals surface area contributed by atoms with Gasteiger partial charge in [-0.3, -0.25) is 4.79 Å². The van der Waals surface area contributed by atoms with Crippen molar-refractivity contribution in [3.8, 4) is 5.75 Å². The van der Waals surface area contributed by atoms with Crippen LogP contribution in [0.2, 0.25) is 0 Å². The molecule has 2 rings (SSSR count). The van der Waals surface area contributed by atoms with Crippen LogP contribution in [0.25, 0.3) is 0 Å². The van der Waals surface area contributed by atoms with Crippen LogP contribution < -0.4 is 4.74 Å². The van der Waals surface area contributed by atoms with Crippen molar-refractivity contribution in [2.45, 2.75) is 6.42 Å². The zero-order valence-corrected chi connectivity index (χ0v) is 13.5. The molecule has 19 heavy (non-hydrogen) atoms. The molecule has 0 spiro atoms. The molecule has 98 valence electrons. The van der Waals surface area contributed by atoms with Crippen molar-refractivity contribution in [1.82, 2.24) is 0 Å². The molecular formula is C15H12Br2O2. The molecule has 2 nitrogen and oxygen atoms in total. The molecule has 0 saturated carbocycles. The van der Waals surface area contributed by atoms with Crippen LogP contribution in [0.5, 0.6) is 5.75 Å². The predicted molar refractivity (Wildman–Crippen MR) is 82.9 cm³/mol. The van der Waals surface area contributed by atoms with Gasteiger partial charge in [0, 0.05) is 15.4 Å². The largest absolute Gasteiger partial charge is 0.496 e. The number of hydrogen-bond donors (Lipinski definition) is 0. The second kappa shape index (κ2) is 6.35. The molecule has 2 aromatic carbocycles. The Balaban J connectivity index is 2.30. The van der Waals surface area contributed by atoms with Crippen molar-refractivity contribution in [2.75, 3.05) is 7.11 Å². The van der Waals surface area contributed by atoms with Crippen molar-refractivity contribution in [2.24, 2.45) is 0 Å². The fourth-order valence-corrected chi connectivity index (χ4v) is 2.59. The average molecular weight is 384 g/mol. The molecule has 0 N–H and O–H groups in total. The highest BCUT2D eigenvalue weighted by Crippen LogP contribution is 2.25. The summed E-state index contributed by atoms with van der Waals surface area (Å²) in [6, 6.07) is 13.2. The Bertz CT molecular complexity index is 609. The molecule has 4 heteroatoms. The third-order valence-electron chi connectivity index (χ3n) is 2.77. The second-order valence-corrected chi connectivity index (χ2v) is 5.81. The van der Waals surface area contributed by atoms with Crippen LogP contribution in [-0.4, -0.2) is 12.9 Å². The maximum atomic E-state index is 12.4. The number of carbonyl (C=O) groups is 1. The molecule has 0 heterocycles. The van der Waals surface area contributed by atoms with E-state index >= 15 is 0 Å². The van der Waals surface area contributed by atoms with Crippen LogP contribution >= 0.6 is 31.9 Å². The molecule has 2 aromatic rings. The third-order valence-corrected chi connectivity index (χ3v) is 4.04. The fourth-order valence-electron chi connectivity index (χ4n) is 1.81. The minimum Gasteiger partial charge on any atom is -0.496 e. The predicted octanol–water partition coefficient (Wildman–Crippen LogP) is 4.65. The molecule has 0 bridgehead atoms. The van der Waals surface area contributed by atoms with Gasteiger partial charge in [0.1, 0.15) is 5.75 Å². The number of benzene rings is 2. The monoisotopic (exact) mass is 382 g/mol. The van der Waals surface area contributed by atoms with E-state index in [0.29, 0.717) is 17.7 Å². The molecule has 0 saturated heterocycles. The Morgan fingerprint density at radius 2 is 1.89 bits per heavy atom. The molecule has 0 unspecified atom stereocenters. The summed E-state index contributed by atoms with van der Waals surface area (Å²) in [7, 11) is 1.57.